The summed E-state index contributed by atoms with van der Waals surface area (Å²) in [5, 5.41) is 4.23. The maximum absolute atomic E-state index is 6.16. The second-order valence-electron chi connectivity index (χ2n) is 9.93. The van der Waals surface area contributed by atoms with Gasteiger partial charge in [-0.1, -0.05) is 30.3 Å². The van der Waals surface area contributed by atoms with Gasteiger partial charge in [-0.25, -0.2) is 0 Å². The number of rotatable bonds is 6. The summed E-state index contributed by atoms with van der Waals surface area (Å²) >= 11 is 5.95. The molecule has 3 aromatic carbocycles. The summed E-state index contributed by atoms with van der Waals surface area (Å²) in [5.41, 5.74) is 7.81. The topological polar surface area (TPSA) is 42.3 Å². The predicted octanol–water partition coefficient (Wildman–Crippen LogP) is 7.77. The number of hydrogen-bond acceptors (Lipinski definition) is 3. The smallest absolute Gasteiger partial charge is 0.174 e. The highest BCUT2D eigenvalue weighted by Gasteiger charge is 2.42. The van der Waals surface area contributed by atoms with Crippen LogP contribution in [0.1, 0.15) is 40.2 Å². The number of aryl methyl sites for hydroxylation is 3. The largest absolute Gasteiger partial charge is 0.457 e. The van der Waals surface area contributed by atoms with Crippen molar-refractivity contribution in [3.8, 4) is 17.2 Å². The fourth-order valence-corrected chi connectivity index (χ4v) is 5.50. The molecule has 3 heterocycles. The molecule has 0 bridgehead atoms. The first kappa shape index (κ1) is 24.9. The van der Waals surface area contributed by atoms with Gasteiger partial charge in [-0.3, -0.25) is 4.98 Å². The van der Waals surface area contributed by atoms with Gasteiger partial charge in [-0.15, -0.1) is 0 Å². The zero-order valence-electron chi connectivity index (χ0n) is 22.2. The van der Waals surface area contributed by atoms with Crippen LogP contribution >= 0.6 is 12.2 Å². The number of anilines is 1. The summed E-state index contributed by atoms with van der Waals surface area (Å²) in [6, 6.07) is 32.8. The molecule has 0 saturated carbocycles. The SMILES string of the molecule is Cc1ccc(-n2cccc2C2C(c3ccccn3)NC(=S)N2c2ccc(Oc3ccccc3C)cc2)cc1C. The Morgan fingerprint density at radius 2 is 1.54 bits per heavy atom. The maximum atomic E-state index is 6.16. The molecule has 2 aromatic heterocycles. The first-order chi connectivity index (χ1) is 19.0. The van der Waals surface area contributed by atoms with E-state index < -0.39 is 0 Å². The summed E-state index contributed by atoms with van der Waals surface area (Å²) in [6.45, 7) is 6.34. The third kappa shape index (κ3) is 4.79. The number of hydrogen-bond donors (Lipinski definition) is 1. The van der Waals surface area contributed by atoms with Crippen molar-refractivity contribution in [2.24, 2.45) is 0 Å². The van der Waals surface area contributed by atoms with Crippen LogP contribution in [0, 0.1) is 20.8 Å². The molecular formula is C33H30N4OS. The Morgan fingerprint density at radius 1 is 0.769 bits per heavy atom. The summed E-state index contributed by atoms with van der Waals surface area (Å²) in [4.78, 5) is 6.90. The van der Waals surface area contributed by atoms with Crippen molar-refractivity contribution >= 4 is 23.0 Å². The van der Waals surface area contributed by atoms with Crippen LogP contribution in [0.15, 0.2) is 109 Å². The van der Waals surface area contributed by atoms with Crippen molar-refractivity contribution in [1.29, 1.82) is 0 Å². The van der Waals surface area contributed by atoms with Gasteiger partial charge < -0.3 is 19.5 Å². The minimum absolute atomic E-state index is 0.118. The van der Waals surface area contributed by atoms with E-state index in [0.717, 1.165) is 39.8 Å². The van der Waals surface area contributed by atoms with Crippen LogP contribution < -0.4 is 15.0 Å². The summed E-state index contributed by atoms with van der Waals surface area (Å²) in [5.74, 6) is 1.63. The van der Waals surface area contributed by atoms with E-state index in [1.807, 2.05) is 61.7 Å². The second kappa shape index (κ2) is 10.4. The molecule has 194 valence electrons. The third-order valence-corrected chi connectivity index (χ3v) is 7.70. The predicted molar refractivity (Wildman–Crippen MR) is 161 cm³/mol. The van der Waals surface area contributed by atoms with E-state index in [1.165, 1.54) is 11.1 Å². The highest BCUT2D eigenvalue weighted by molar-refractivity contribution is 7.80. The number of aromatic nitrogens is 2. The van der Waals surface area contributed by atoms with Crippen LogP contribution in [0.25, 0.3) is 5.69 Å². The number of nitrogens with zero attached hydrogens (tertiary/aromatic N) is 3. The summed E-state index contributed by atoms with van der Waals surface area (Å²) in [6.07, 6.45) is 3.95. The molecule has 1 aliphatic heterocycles. The number of nitrogens with one attached hydrogen (secondary N) is 1. The average molecular weight is 531 g/mol. The van der Waals surface area contributed by atoms with Crippen LogP contribution in [0.3, 0.4) is 0 Å². The Morgan fingerprint density at radius 3 is 2.28 bits per heavy atom. The molecule has 6 rings (SSSR count). The van der Waals surface area contributed by atoms with Gasteiger partial charge in [0.25, 0.3) is 0 Å². The summed E-state index contributed by atoms with van der Waals surface area (Å²) < 4.78 is 8.42. The Hall–Kier alpha value is -4.42. The van der Waals surface area contributed by atoms with Gasteiger partial charge in [-0.2, -0.15) is 0 Å². The highest BCUT2D eigenvalue weighted by atomic mass is 32.1. The van der Waals surface area contributed by atoms with Crippen LogP contribution in [0.5, 0.6) is 11.5 Å². The van der Waals surface area contributed by atoms with Gasteiger partial charge >= 0.3 is 0 Å². The molecule has 6 heteroatoms. The van der Waals surface area contributed by atoms with Crippen molar-refractivity contribution in [1.82, 2.24) is 14.9 Å². The minimum atomic E-state index is -0.123. The molecule has 1 fully saturated rings. The summed E-state index contributed by atoms with van der Waals surface area (Å²) in [7, 11) is 0. The van der Waals surface area contributed by atoms with Crippen LogP contribution in [0.2, 0.25) is 0 Å². The van der Waals surface area contributed by atoms with Crippen LogP contribution in [-0.4, -0.2) is 14.7 Å². The van der Waals surface area contributed by atoms with Gasteiger partial charge in [0, 0.05) is 29.5 Å². The van der Waals surface area contributed by atoms with E-state index in [4.69, 9.17) is 21.9 Å². The molecule has 1 saturated heterocycles. The van der Waals surface area contributed by atoms with E-state index in [2.05, 4.69) is 83.4 Å². The molecule has 0 aliphatic carbocycles. The lowest BCUT2D eigenvalue weighted by molar-refractivity contribution is 0.479. The van der Waals surface area contributed by atoms with E-state index in [0.29, 0.717) is 5.11 Å². The molecule has 2 unspecified atom stereocenters. The van der Waals surface area contributed by atoms with Crippen molar-refractivity contribution < 1.29 is 4.74 Å². The number of pyridine rings is 1. The zero-order valence-corrected chi connectivity index (χ0v) is 23.0. The first-order valence-corrected chi connectivity index (χ1v) is 13.5. The van der Waals surface area contributed by atoms with E-state index in [1.54, 1.807) is 0 Å². The fourth-order valence-electron chi connectivity index (χ4n) is 5.15. The van der Waals surface area contributed by atoms with E-state index >= 15 is 0 Å². The molecule has 39 heavy (non-hydrogen) atoms. The second-order valence-corrected chi connectivity index (χ2v) is 10.3. The number of para-hydroxylation sites is 1. The maximum Gasteiger partial charge on any atom is 0.174 e. The molecular weight excluding hydrogens is 500 g/mol. The Labute approximate surface area is 234 Å². The normalized spacial score (nSPS) is 16.8. The van der Waals surface area contributed by atoms with E-state index in [-0.39, 0.29) is 12.1 Å². The lowest BCUT2D eigenvalue weighted by Gasteiger charge is -2.29. The molecule has 1 N–H and O–H groups in total. The third-order valence-electron chi connectivity index (χ3n) is 7.39. The zero-order chi connectivity index (χ0) is 26.9. The molecule has 0 radical (unpaired) electrons. The van der Waals surface area contributed by atoms with Gasteiger partial charge in [-0.05, 0) is 116 Å². The van der Waals surface area contributed by atoms with Crippen molar-refractivity contribution in [3.05, 3.63) is 138 Å². The number of thiocarbonyl (C=S) groups is 1. The minimum Gasteiger partial charge on any atom is -0.457 e. The van der Waals surface area contributed by atoms with Crippen LogP contribution in [-0.2, 0) is 0 Å². The molecule has 0 amide bonds. The molecule has 0 spiro atoms. The molecule has 5 aromatic rings. The highest BCUT2D eigenvalue weighted by Crippen LogP contribution is 2.42. The monoisotopic (exact) mass is 530 g/mol. The van der Waals surface area contributed by atoms with Crippen molar-refractivity contribution in [2.45, 2.75) is 32.9 Å². The van der Waals surface area contributed by atoms with Gasteiger partial charge in [0.15, 0.2) is 5.11 Å². The Bertz CT molecular complexity index is 1630. The molecule has 5 nitrogen and oxygen atoms in total. The lowest BCUT2D eigenvalue weighted by atomic mass is 10.0. The first-order valence-electron chi connectivity index (χ1n) is 13.1. The van der Waals surface area contributed by atoms with Crippen molar-refractivity contribution in [2.75, 3.05) is 4.90 Å². The van der Waals surface area contributed by atoms with Gasteiger partial charge in [0.2, 0.25) is 0 Å². The number of ether oxygens (including phenoxy) is 1. The van der Waals surface area contributed by atoms with Gasteiger partial charge in [0.05, 0.1) is 11.7 Å². The Balaban J connectivity index is 1.40. The molecule has 2 atom stereocenters. The standard InChI is InChI=1S/C33H30N4OS/c1-22-13-14-26(21-24(22)3)36-20-8-11-29(36)32-31(28-10-6-7-19-34-28)35-33(39)37(32)25-15-17-27(18-16-25)38-30-12-5-4-9-23(30)2/h4-21,31-32H,1-3H3,(H,35,39). The van der Waals surface area contributed by atoms with E-state index in [9.17, 15) is 0 Å². The Kier molecular flexibility index (Phi) is 6.63. The number of benzene rings is 3. The van der Waals surface area contributed by atoms with Crippen molar-refractivity contribution in [3.63, 3.8) is 0 Å². The quantitative estimate of drug-likeness (QED) is 0.227. The molecule has 1 aliphatic rings. The van der Waals surface area contributed by atoms with Gasteiger partial charge in [0.1, 0.15) is 17.5 Å². The van der Waals surface area contributed by atoms with Crippen LogP contribution in [0.4, 0.5) is 5.69 Å². The fraction of sp³-hybridized carbons (Fsp3) is 0.152. The lowest BCUT2D eigenvalue weighted by Crippen LogP contribution is -2.30. The average Bonchev–Trinajstić information content (AvgIpc) is 3.57.